The van der Waals surface area contributed by atoms with E-state index in [4.69, 9.17) is 9.47 Å². The van der Waals surface area contributed by atoms with E-state index in [-0.39, 0.29) is 0 Å². The second kappa shape index (κ2) is 8.45. The number of alkyl halides is 1. The molecule has 1 aliphatic heterocycles. The van der Waals surface area contributed by atoms with Gasteiger partial charge < -0.3 is 14.4 Å². The number of nitrogens with zero attached hydrogens (tertiary/aromatic N) is 1. The van der Waals surface area contributed by atoms with Crippen LogP contribution in [-0.2, 0) is 9.47 Å². The highest BCUT2D eigenvalue weighted by atomic mass is 79.9. The molecule has 96 valence electrons. The fraction of sp³-hybridized carbons (Fsp3) is 1.00. The van der Waals surface area contributed by atoms with Crippen molar-refractivity contribution in [3.8, 4) is 0 Å². The predicted octanol–water partition coefficient (Wildman–Crippen LogP) is 2.14. The second-order valence-electron chi connectivity index (χ2n) is 4.54. The Bertz CT molecular complexity index is 180. The van der Waals surface area contributed by atoms with Crippen LogP contribution < -0.4 is 0 Å². The molecule has 1 rings (SSSR count). The molecule has 2 unspecified atom stereocenters. The van der Waals surface area contributed by atoms with Gasteiger partial charge in [-0.25, -0.2) is 0 Å². The third kappa shape index (κ3) is 5.62. The van der Waals surface area contributed by atoms with E-state index in [1.54, 1.807) is 7.11 Å². The number of likely N-dealkylation sites (tertiary alicyclic amines) is 1. The Hall–Kier alpha value is 0.360. The Labute approximate surface area is 108 Å². The lowest BCUT2D eigenvalue weighted by molar-refractivity contribution is 0.0740. The van der Waals surface area contributed by atoms with Crippen LogP contribution in [-0.4, -0.2) is 56.3 Å². The number of hydrogen-bond donors (Lipinski definition) is 0. The van der Waals surface area contributed by atoms with Crippen LogP contribution in [0.1, 0.15) is 19.8 Å². The molecule has 0 aliphatic carbocycles. The van der Waals surface area contributed by atoms with Crippen LogP contribution in [0.3, 0.4) is 0 Å². The van der Waals surface area contributed by atoms with Crippen LogP contribution >= 0.6 is 15.9 Å². The molecule has 1 heterocycles. The average Bonchev–Trinajstić information content (AvgIpc) is 2.28. The molecule has 16 heavy (non-hydrogen) atoms. The van der Waals surface area contributed by atoms with Crippen molar-refractivity contribution >= 4 is 15.9 Å². The molecule has 4 heteroatoms. The summed E-state index contributed by atoms with van der Waals surface area (Å²) in [5, 5.41) is 0. The minimum Gasteiger partial charge on any atom is -0.385 e. The van der Waals surface area contributed by atoms with Crippen molar-refractivity contribution in [1.29, 1.82) is 0 Å². The van der Waals surface area contributed by atoms with Crippen LogP contribution in [0.5, 0.6) is 0 Å². The molecular formula is C12H24BrNO2. The summed E-state index contributed by atoms with van der Waals surface area (Å²) in [6, 6.07) is 0. The molecule has 0 radical (unpaired) electrons. The van der Waals surface area contributed by atoms with E-state index in [9.17, 15) is 0 Å². The van der Waals surface area contributed by atoms with Gasteiger partial charge >= 0.3 is 0 Å². The normalized spacial score (nSPS) is 27.2. The van der Waals surface area contributed by atoms with Gasteiger partial charge in [0.25, 0.3) is 0 Å². The molecule has 1 saturated heterocycles. The van der Waals surface area contributed by atoms with Gasteiger partial charge in [0.2, 0.25) is 0 Å². The van der Waals surface area contributed by atoms with E-state index >= 15 is 0 Å². The number of halogens is 1. The van der Waals surface area contributed by atoms with Gasteiger partial charge in [-0.05, 0) is 25.3 Å². The first-order chi connectivity index (χ1) is 7.74. The lowest BCUT2D eigenvalue weighted by atomic mass is 10.0. The van der Waals surface area contributed by atoms with Crippen LogP contribution in [0, 0.1) is 5.92 Å². The first-order valence-electron chi connectivity index (χ1n) is 6.17. The summed E-state index contributed by atoms with van der Waals surface area (Å²) < 4.78 is 10.5. The molecule has 3 nitrogen and oxygen atoms in total. The molecule has 0 N–H and O–H groups in total. The summed E-state index contributed by atoms with van der Waals surface area (Å²) >= 11 is 3.72. The quantitative estimate of drug-likeness (QED) is 0.530. The van der Waals surface area contributed by atoms with Crippen LogP contribution in [0.15, 0.2) is 0 Å². The Kier molecular flexibility index (Phi) is 7.62. The molecule has 0 aromatic rings. The van der Waals surface area contributed by atoms with Crippen molar-refractivity contribution < 1.29 is 9.47 Å². The summed E-state index contributed by atoms with van der Waals surface area (Å²) in [5.41, 5.74) is 0. The minimum absolute atomic E-state index is 0.700. The van der Waals surface area contributed by atoms with Gasteiger partial charge in [-0.2, -0.15) is 0 Å². The first-order valence-corrected chi connectivity index (χ1v) is 7.08. The molecule has 1 aliphatic rings. The SMILES string of the molecule is COCCCOCCN1CCC(Br)C(C)C1. The van der Waals surface area contributed by atoms with Gasteiger partial charge in [-0.15, -0.1) is 0 Å². The summed E-state index contributed by atoms with van der Waals surface area (Å²) in [6.45, 7) is 8.23. The Morgan fingerprint density at radius 2 is 2.12 bits per heavy atom. The van der Waals surface area contributed by atoms with E-state index in [2.05, 4.69) is 27.8 Å². The van der Waals surface area contributed by atoms with Gasteiger partial charge in [0.05, 0.1) is 6.61 Å². The number of methoxy groups -OCH3 is 1. The zero-order valence-corrected chi connectivity index (χ0v) is 12.0. The zero-order valence-electron chi connectivity index (χ0n) is 10.5. The third-order valence-electron chi connectivity index (χ3n) is 3.07. The average molecular weight is 294 g/mol. The maximum Gasteiger partial charge on any atom is 0.0593 e. The van der Waals surface area contributed by atoms with Crippen molar-refractivity contribution in [3.05, 3.63) is 0 Å². The lowest BCUT2D eigenvalue weighted by Gasteiger charge is -2.34. The van der Waals surface area contributed by atoms with Crippen molar-refractivity contribution in [1.82, 2.24) is 4.90 Å². The van der Waals surface area contributed by atoms with E-state index in [1.165, 1.54) is 19.5 Å². The Morgan fingerprint density at radius 1 is 1.31 bits per heavy atom. The number of ether oxygens (including phenoxy) is 2. The Balaban J connectivity index is 1.97. The van der Waals surface area contributed by atoms with Crippen molar-refractivity contribution in [2.75, 3.05) is 46.6 Å². The van der Waals surface area contributed by atoms with E-state index in [0.717, 1.165) is 38.7 Å². The molecule has 0 bridgehead atoms. The van der Waals surface area contributed by atoms with Crippen molar-refractivity contribution in [2.45, 2.75) is 24.6 Å². The zero-order chi connectivity index (χ0) is 11.8. The second-order valence-corrected chi connectivity index (χ2v) is 5.72. The van der Waals surface area contributed by atoms with Crippen LogP contribution in [0.4, 0.5) is 0 Å². The highest BCUT2D eigenvalue weighted by Gasteiger charge is 2.23. The number of rotatable bonds is 7. The number of piperidine rings is 1. The Morgan fingerprint density at radius 3 is 2.81 bits per heavy atom. The smallest absolute Gasteiger partial charge is 0.0593 e. The fourth-order valence-corrected chi connectivity index (χ4v) is 2.38. The monoisotopic (exact) mass is 293 g/mol. The molecule has 0 spiro atoms. The summed E-state index contributed by atoms with van der Waals surface area (Å²) in [4.78, 5) is 3.20. The summed E-state index contributed by atoms with van der Waals surface area (Å²) in [7, 11) is 1.73. The molecule has 0 aromatic carbocycles. The highest BCUT2D eigenvalue weighted by molar-refractivity contribution is 9.09. The molecule has 0 amide bonds. The largest absolute Gasteiger partial charge is 0.385 e. The van der Waals surface area contributed by atoms with Gasteiger partial charge in [0, 0.05) is 38.2 Å². The number of hydrogen-bond acceptors (Lipinski definition) is 3. The van der Waals surface area contributed by atoms with Gasteiger partial charge in [0.1, 0.15) is 0 Å². The summed E-state index contributed by atoms with van der Waals surface area (Å²) in [6.07, 6.45) is 2.25. The maximum atomic E-state index is 5.57. The van der Waals surface area contributed by atoms with E-state index in [0.29, 0.717) is 4.83 Å². The topological polar surface area (TPSA) is 21.7 Å². The van der Waals surface area contributed by atoms with Crippen molar-refractivity contribution in [2.24, 2.45) is 5.92 Å². The van der Waals surface area contributed by atoms with Gasteiger partial charge in [-0.1, -0.05) is 22.9 Å². The fourth-order valence-electron chi connectivity index (χ4n) is 2.01. The highest BCUT2D eigenvalue weighted by Crippen LogP contribution is 2.22. The first kappa shape index (κ1) is 14.4. The predicted molar refractivity (Wildman–Crippen MR) is 70.2 cm³/mol. The van der Waals surface area contributed by atoms with E-state index in [1.807, 2.05) is 0 Å². The summed E-state index contributed by atoms with van der Waals surface area (Å²) in [5.74, 6) is 0.752. The van der Waals surface area contributed by atoms with Crippen LogP contribution in [0.2, 0.25) is 0 Å². The third-order valence-corrected chi connectivity index (χ3v) is 4.43. The molecule has 1 fully saturated rings. The van der Waals surface area contributed by atoms with E-state index < -0.39 is 0 Å². The molecule has 0 saturated carbocycles. The molecule has 0 aromatic heterocycles. The van der Waals surface area contributed by atoms with Crippen molar-refractivity contribution in [3.63, 3.8) is 0 Å². The maximum absolute atomic E-state index is 5.57. The van der Waals surface area contributed by atoms with Gasteiger partial charge in [0.15, 0.2) is 0 Å². The molecule has 2 atom stereocenters. The standard InChI is InChI=1S/C12H24BrNO2/c1-11-10-14(5-4-12(11)13)6-9-16-8-3-7-15-2/h11-12H,3-10H2,1-2H3. The van der Waals surface area contributed by atoms with Gasteiger partial charge in [-0.3, -0.25) is 0 Å². The lowest BCUT2D eigenvalue weighted by Crippen LogP contribution is -2.41. The van der Waals surface area contributed by atoms with Crippen LogP contribution in [0.25, 0.3) is 0 Å². The molecular weight excluding hydrogens is 270 g/mol. The minimum atomic E-state index is 0.700.